The lowest BCUT2D eigenvalue weighted by Crippen LogP contribution is -2.09. The van der Waals surface area contributed by atoms with Crippen molar-refractivity contribution in [2.75, 3.05) is 13.2 Å². The average Bonchev–Trinajstić information content (AvgIpc) is 3.06. The monoisotopic (exact) mass is 468 g/mol. The van der Waals surface area contributed by atoms with Gasteiger partial charge in [-0.05, 0) is 12.8 Å². The van der Waals surface area contributed by atoms with Crippen molar-refractivity contribution in [3.05, 3.63) is 11.3 Å². The second-order valence-corrected chi connectivity index (χ2v) is 8.68. The number of ether oxygens (including phenoxy) is 2. The third-order valence-corrected chi connectivity index (χ3v) is 5.69. The fourth-order valence-electron chi connectivity index (χ4n) is 3.66. The predicted molar refractivity (Wildman–Crippen MR) is 128 cm³/mol. The van der Waals surface area contributed by atoms with Gasteiger partial charge in [0, 0.05) is 0 Å². The maximum atomic E-state index is 12.2. The molecule has 0 saturated heterocycles. The van der Waals surface area contributed by atoms with Gasteiger partial charge in [0.05, 0.1) is 13.2 Å². The van der Waals surface area contributed by atoms with Crippen LogP contribution in [0.2, 0.25) is 0 Å². The van der Waals surface area contributed by atoms with Gasteiger partial charge >= 0.3 is 17.9 Å². The number of hydrogen-bond acceptors (Lipinski definition) is 7. The van der Waals surface area contributed by atoms with Gasteiger partial charge in [-0.25, -0.2) is 4.79 Å². The first-order valence-electron chi connectivity index (χ1n) is 12.9. The number of hydrogen-bond donors (Lipinski definition) is 2. The molecule has 0 bridgehead atoms. The summed E-state index contributed by atoms with van der Waals surface area (Å²) >= 11 is 0. The zero-order chi connectivity index (χ0) is 24.3. The lowest BCUT2D eigenvalue weighted by atomic mass is 10.1. The van der Waals surface area contributed by atoms with Crippen LogP contribution in [0.4, 0.5) is 0 Å². The number of carbonyl (C=O) groups excluding carboxylic acids is 2. The maximum absolute atomic E-state index is 12.2. The van der Waals surface area contributed by atoms with Gasteiger partial charge in [-0.3, -0.25) is 4.79 Å². The molecule has 0 spiro atoms. The number of furan rings is 1. The molecular weight excluding hydrogens is 424 g/mol. The van der Waals surface area contributed by atoms with Gasteiger partial charge < -0.3 is 24.1 Å². The van der Waals surface area contributed by atoms with E-state index in [4.69, 9.17) is 13.9 Å². The number of rotatable bonds is 20. The predicted octanol–water partition coefficient (Wildman–Crippen LogP) is 6.82. The lowest BCUT2D eigenvalue weighted by molar-refractivity contribution is -0.143. The van der Waals surface area contributed by atoms with Crippen molar-refractivity contribution in [1.82, 2.24) is 0 Å². The van der Waals surface area contributed by atoms with E-state index in [9.17, 15) is 19.8 Å². The molecule has 0 fully saturated rings. The van der Waals surface area contributed by atoms with Gasteiger partial charge in [-0.15, -0.1) is 0 Å². The van der Waals surface area contributed by atoms with E-state index < -0.39 is 29.2 Å². The highest BCUT2D eigenvalue weighted by Gasteiger charge is 2.28. The molecule has 190 valence electrons. The lowest BCUT2D eigenvalue weighted by Gasteiger charge is -2.05. The quantitative estimate of drug-likeness (QED) is 0.160. The van der Waals surface area contributed by atoms with Crippen LogP contribution < -0.4 is 0 Å². The standard InChI is InChI=1S/C26H44O7/c1-3-5-7-9-11-13-15-17-19-32-25(29)23-24(28)21(33-26(23)30)20-22(27)31-18-16-14-12-10-8-6-4-2/h28,30H,3-20H2,1-2H3. The first-order valence-corrected chi connectivity index (χ1v) is 12.9. The Morgan fingerprint density at radius 2 is 1.15 bits per heavy atom. The summed E-state index contributed by atoms with van der Waals surface area (Å²) in [5.74, 6) is -2.95. The summed E-state index contributed by atoms with van der Waals surface area (Å²) < 4.78 is 15.3. The largest absolute Gasteiger partial charge is 0.504 e. The zero-order valence-corrected chi connectivity index (χ0v) is 20.7. The molecule has 1 heterocycles. The Kier molecular flexibility index (Phi) is 16.0. The summed E-state index contributed by atoms with van der Waals surface area (Å²) in [6.07, 6.45) is 16.4. The summed E-state index contributed by atoms with van der Waals surface area (Å²) in [4.78, 5) is 24.2. The topological polar surface area (TPSA) is 106 Å². The van der Waals surface area contributed by atoms with E-state index in [0.717, 1.165) is 38.5 Å². The fourth-order valence-corrected chi connectivity index (χ4v) is 3.66. The second-order valence-electron chi connectivity index (χ2n) is 8.68. The number of esters is 2. The minimum atomic E-state index is -0.862. The van der Waals surface area contributed by atoms with E-state index in [-0.39, 0.29) is 18.8 Å². The van der Waals surface area contributed by atoms with Crippen LogP contribution in [0.3, 0.4) is 0 Å². The van der Waals surface area contributed by atoms with Crippen LogP contribution in [0.5, 0.6) is 11.7 Å². The van der Waals surface area contributed by atoms with Crippen molar-refractivity contribution in [3.8, 4) is 11.7 Å². The third-order valence-electron chi connectivity index (χ3n) is 5.69. The van der Waals surface area contributed by atoms with Gasteiger partial charge in [-0.2, -0.15) is 0 Å². The Balaban J connectivity index is 2.27. The molecule has 0 aromatic carbocycles. The van der Waals surface area contributed by atoms with Crippen molar-refractivity contribution in [2.45, 2.75) is 117 Å². The molecular formula is C26H44O7. The summed E-state index contributed by atoms with van der Waals surface area (Å²) in [5, 5.41) is 20.1. The van der Waals surface area contributed by atoms with Crippen LogP contribution in [-0.2, 0) is 20.7 Å². The molecule has 0 aliphatic heterocycles. The molecule has 0 unspecified atom stereocenters. The van der Waals surface area contributed by atoms with Gasteiger partial charge in [0.25, 0.3) is 0 Å². The van der Waals surface area contributed by atoms with Crippen LogP contribution >= 0.6 is 0 Å². The Hall–Kier alpha value is -2.18. The van der Waals surface area contributed by atoms with Crippen molar-refractivity contribution < 1.29 is 33.7 Å². The molecule has 1 aromatic rings. The first-order chi connectivity index (χ1) is 16.0. The minimum absolute atomic E-state index is 0.198. The van der Waals surface area contributed by atoms with Crippen molar-refractivity contribution in [1.29, 1.82) is 0 Å². The summed E-state index contributed by atoms with van der Waals surface area (Å²) in [6, 6.07) is 0. The molecule has 0 amide bonds. The molecule has 2 N–H and O–H groups in total. The summed E-state index contributed by atoms with van der Waals surface area (Å²) in [5.41, 5.74) is -0.440. The molecule has 0 aliphatic rings. The van der Waals surface area contributed by atoms with E-state index in [0.29, 0.717) is 6.61 Å². The Morgan fingerprint density at radius 3 is 1.67 bits per heavy atom. The molecule has 0 aliphatic carbocycles. The molecule has 33 heavy (non-hydrogen) atoms. The average molecular weight is 469 g/mol. The smallest absolute Gasteiger partial charge is 0.349 e. The van der Waals surface area contributed by atoms with E-state index in [1.807, 2.05) is 0 Å². The number of unbranched alkanes of at least 4 members (excludes halogenated alkanes) is 13. The van der Waals surface area contributed by atoms with Crippen LogP contribution in [0.15, 0.2) is 4.42 Å². The summed E-state index contributed by atoms with van der Waals surface area (Å²) in [6.45, 7) is 4.87. The normalized spacial score (nSPS) is 11.0. The zero-order valence-electron chi connectivity index (χ0n) is 20.7. The summed E-state index contributed by atoms with van der Waals surface area (Å²) in [7, 11) is 0. The van der Waals surface area contributed by atoms with Crippen molar-refractivity contribution in [2.24, 2.45) is 0 Å². The number of aromatic hydroxyl groups is 2. The van der Waals surface area contributed by atoms with Crippen LogP contribution in [0.25, 0.3) is 0 Å². The molecule has 0 radical (unpaired) electrons. The molecule has 7 nitrogen and oxygen atoms in total. The molecule has 1 aromatic heterocycles. The second kappa shape index (κ2) is 18.3. The Morgan fingerprint density at radius 1 is 0.697 bits per heavy atom. The Bertz CT molecular complexity index is 666. The molecule has 0 saturated carbocycles. The van der Waals surface area contributed by atoms with E-state index in [1.165, 1.54) is 57.8 Å². The number of carbonyl (C=O) groups is 2. The van der Waals surface area contributed by atoms with Crippen molar-refractivity contribution >= 4 is 11.9 Å². The van der Waals surface area contributed by atoms with Gasteiger partial charge in [0.2, 0.25) is 0 Å². The van der Waals surface area contributed by atoms with Crippen LogP contribution in [0.1, 0.15) is 126 Å². The van der Waals surface area contributed by atoms with Gasteiger partial charge in [-0.1, -0.05) is 97.3 Å². The first kappa shape index (κ1) is 28.9. The highest BCUT2D eigenvalue weighted by molar-refractivity contribution is 5.95. The fraction of sp³-hybridized carbons (Fsp3) is 0.769. The maximum Gasteiger partial charge on any atom is 0.349 e. The minimum Gasteiger partial charge on any atom is -0.504 e. The molecule has 7 heteroatoms. The van der Waals surface area contributed by atoms with E-state index in [2.05, 4.69) is 13.8 Å². The van der Waals surface area contributed by atoms with Gasteiger partial charge in [0.15, 0.2) is 17.1 Å². The van der Waals surface area contributed by atoms with E-state index in [1.54, 1.807) is 0 Å². The molecule has 0 atom stereocenters. The highest BCUT2D eigenvalue weighted by Crippen LogP contribution is 2.35. The van der Waals surface area contributed by atoms with Crippen LogP contribution in [-0.4, -0.2) is 35.4 Å². The third kappa shape index (κ3) is 12.6. The van der Waals surface area contributed by atoms with Gasteiger partial charge in [0.1, 0.15) is 6.42 Å². The highest BCUT2D eigenvalue weighted by atomic mass is 16.5. The Labute approximate surface area is 198 Å². The van der Waals surface area contributed by atoms with E-state index >= 15 is 0 Å². The van der Waals surface area contributed by atoms with Crippen LogP contribution in [0, 0.1) is 0 Å². The molecule has 1 rings (SSSR count). The van der Waals surface area contributed by atoms with Crippen molar-refractivity contribution in [3.63, 3.8) is 0 Å². The SMILES string of the molecule is CCCCCCCCCCOC(=O)c1c(O)oc(CC(=O)OCCCCCCCCC)c1O.